The number of hydrogen-bond acceptors (Lipinski definition) is 5. The van der Waals surface area contributed by atoms with Crippen LogP contribution in [0.15, 0.2) is 121 Å². The van der Waals surface area contributed by atoms with Crippen molar-refractivity contribution in [2.75, 3.05) is 13.1 Å². The van der Waals surface area contributed by atoms with Crippen molar-refractivity contribution in [1.29, 1.82) is 0 Å². The first kappa shape index (κ1) is 38.6. The highest BCUT2D eigenvalue weighted by atomic mass is 19.4. The van der Waals surface area contributed by atoms with Crippen LogP contribution in [-0.4, -0.2) is 50.3 Å². The zero-order chi connectivity index (χ0) is 39.2. The van der Waals surface area contributed by atoms with Crippen LogP contribution >= 0.6 is 0 Å². The van der Waals surface area contributed by atoms with E-state index in [0.717, 1.165) is 78.1 Å². The number of aryl methyl sites for hydroxylation is 1. The summed E-state index contributed by atoms with van der Waals surface area (Å²) in [5, 5.41) is 36.9. The molecule has 55 heavy (non-hydrogen) atoms. The molecular weight excluding hydrogens is 718 g/mol. The van der Waals surface area contributed by atoms with Gasteiger partial charge in [-0.15, -0.1) is 0 Å². The molecule has 7 rings (SSSR count). The van der Waals surface area contributed by atoms with Gasteiger partial charge in [-0.05, 0) is 79.3 Å². The Labute approximate surface area is 316 Å². The van der Waals surface area contributed by atoms with Gasteiger partial charge in [0.15, 0.2) is 0 Å². The molecule has 0 unspecified atom stereocenters. The Morgan fingerprint density at radius 2 is 0.891 bits per heavy atom. The molecule has 2 atom stereocenters. The second-order valence-corrected chi connectivity index (χ2v) is 14.8. The van der Waals surface area contributed by atoms with Crippen molar-refractivity contribution in [2.45, 2.75) is 74.9 Å². The summed E-state index contributed by atoms with van der Waals surface area (Å²) in [7, 11) is 0. The average molecular weight is 761 g/mol. The van der Waals surface area contributed by atoms with E-state index in [4.69, 9.17) is 0 Å². The van der Waals surface area contributed by atoms with Crippen LogP contribution in [0.25, 0.3) is 0 Å². The van der Waals surface area contributed by atoms with Gasteiger partial charge in [0, 0.05) is 42.8 Å². The SMILES string of the molecule is Cc1cc(CN2CCC[C@H]2C(O)(c2ccccc2)c2ccccc2)c(O)c(CN2CC[C@H]2C(O)(c2ccc(C(F)(F)F)cc2)c2ccc(C(F)(F)F)cc2)c1. The summed E-state index contributed by atoms with van der Waals surface area (Å²) in [5.74, 6) is 0.0532. The largest absolute Gasteiger partial charge is 0.507 e. The number of likely N-dealkylation sites (tertiary alicyclic amines) is 2. The minimum Gasteiger partial charge on any atom is -0.507 e. The Kier molecular flexibility index (Phi) is 10.4. The highest BCUT2D eigenvalue weighted by Gasteiger charge is 2.49. The van der Waals surface area contributed by atoms with Gasteiger partial charge < -0.3 is 15.3 Å². The first-order chi connectivity index (χ1) is 26.1. The third-order valence-corrected chi connectivity index (χ3v) is 11.4. The normalized spacial score (nSPS) is 18.7. The molecule has 5 aromatic carbocycles. The molecule has 3 N–H and O–H groups in total. The van der Waals surface area contributed by atoms with Crippen LogP contribution in [0.5, 0.6) is 5.75 Å². The van der Waals surface area contributed by atoms with Crippen molar-refractivity contribution < 1.29 is 41.7 Å². The van der Waals surface area contributed by atoms with Crippen LogP contribution in [0.4, 0.5) is 26.3 Å². The molecule has 2 saturated heterocycles. The summed E-state index contributed by atoms with van der Waals surface area (Å²) in [6.07, 6.45) is -7.28. The number of phenols is 1. The second kappa shape index (κ2) is 14.8. The van der Waals surface area contributed by atoms with E-state index in [9.17, 15) is 41.7 Å². The zero-order valence-electron chi connectivity index (χ0n) is 30.2. The van der Waals surface area contributed by atoms with Crippen LogP contribution < -0.4 is 0 Å². The van der Waals surface area contributed by atoms with E-state index in [0.29, 0.717) is 37.2 Å². The van der Waals surface area contributed by atoms with Gasteiger partial charge in [-0.1, -0.05) is 103 Å². The lowest BCUT2D eigenvalue weighted by Crippen LogP contribution is -2.59. The molecule has 2 aliphatic rings. The van der Waals surface area contributed by atoms with Crippen molar-refractivity contribution in [1.82, 2.24) is 9.80 Å². The summed E-state index contributed by atoms with van der Waals surface area (Å²) < 4.78 is 80.9. The van der Waals surface area contributed by atoms with Gasteiger partial charge in [0.1, 0.15) is 17.0 Å². The molecule has 5 nitrogen and oxygen atoms in total. The summed E-state index contributed by atoms with van der Waals surface area (Å²) in [5.41, 5.74) is -1.29. The Morgan fingerprint density at radius 3 is 1.27 bits per heavy atom. The number of hydrogen-bond donors (Lipinski definition) is 3. The molecule has 0 aromatic heterocycles. The number of aromatic hydroxyl groups is 1. The fourth-order valence-corrected chi connectivity index (χ4v) is 8.52. The standard InChI is InChI=1S/C44H42F6N2O3/c1-29-25-30(27-51-23-8-13-38(51)41(54,32-9-4-2-5-10-32)33-11-6-3-7-12-33)40(53)31(26-29)28-52-24-22-39(52)42(55,34-14-18-36(19-15-34)43(45,46)47)35-16-20-37(21-17-35)44(48,49)50/h2-7,9-12,14-21,25-26,38-39,53-55H,8,13,22-24,27-28H2,1H3/t38-,39-/m0/s1. The molecule has 0 amide bonds. The van der Waals surface area contributed by atoms with E-state index in [2.05, 4.69) is 4.90 Å². The Balaban J connectivity index is 1.19. The molecule has 2 heterocycles. The lowest BCUT2D eigenvalue weighted by atomic mass is 9.74. The minimum atomic E-state index is -4.62. The zero-order valence-corrected chi connectivity index (χ0v) is 30.2. The second-order valence-electron chi connectivity index (χ2n) is 14.8. The molecule has 0 saturated carbocycles. The quantitative estimate of drug-likeness (QED) is 0.124. The number of benzene rings is 5. The van der Waals surface area contributed by atoms with E-state index >= 15 is 0 Å². The van der Waals surface area contributed by atoms with Gasteiger partial charge in [0.2, 0.25) is 0 Å². The van der Waals surface area contributed by atoms with Gasteiger partial charge in [0.25, 0.3) is 0 Å². The van der Waals surface area contributed by atoms with Crippen LogP contribution in [0, 0.1) is 6.92 Å². The predicted octanol–water partition coefficient (Wildman–Crippen LogP) is 9.15. The van der Waals surface area contributed by atoms with Crippen molar-refractivity contribution >= 4 is 0 Å². The monoisotopic (exact) mass is 760 g/mol. The number of rotatable bonds is 10. The summed E-state index contributed by atoms with van der Waals surface area (Å²) >= 11 is 0. The molecule has 0 spiro atoms. The fourth-order valence-electron chi connectivity index (χ4n) is 8.52. The summed E-state index contributed by atoms with van der Waals surface area (Å²) in [6, 6.07) is 29.9. The molecule has 2 fully saturated rings. The molecule has 11 heteroatoms. The van der Waals surface area contributed by atoms with Crippen LogP contribution in [0.1, 0.15) is 69.3 Å². The van der Waals surface area contributed by atoms with Crippen molar-refractivity contribution in [3.05, 3.63) is 171 Å². The van der Waals surface area contributed by atoms with E-state index in [1.54, 1.807) is 0 Å². The number of aliphatic hydroxyl groups is 2. The molecule has 5 aromatic rings. The maximum Gasteiger partial charge on any atom is 0.416 e. The highest BCUT2D eigenvalue weighted by Crippen LogP contribution is 2.45. The maximum atomic E-state index is 13.5. The number of alkyl halides is 6. The van der Waals surface area contributed by atoms with Gasteiger partial charge >= 0.3 is 12.4 Å². The Bertz CT molecular complexity index is 1990. The van der Waals surface area contributed by atoms with Crippen LogP contribution in [-0.2, 0) is 36.6 Å². The molecule has 2 aliphatic heterocycles. The molecule has 0 radical (unpaired) electrons. The Hall–Kier alpha value is -4.68. The number of nitrogens with zero attached hydrogens (tertiary/aromatic N) is 2. The fraction of sp³-hybridized carbons (Fsp3) is 0.318. The summed E-state index contributed by atoms with van der Waals surface area (Å²) in [4.78, 5) is 4.08. The minimum absolute atomic E-state index is 0.0532. The maximum absolute atomic E-state index is 13.5. The van der Waals surface area contributed by atoms with E-state index in [1.165, 1.54) is 0 Å². The first-order valence-corrected chi connectivity index (χ1v) is 18.3. The lowest BCUT2D eigenvalue weighted by Gasteiger charge is -2.50. The third kappa shape index (κ3) is 7.38. The molecular formula is C44H42F6N2O3. The number of halogens is 6. The lowest BCUT2D eigenvalue weighted by molar-refractivity contribution is -0.138. The average Bonchev–Trinajstić information content (AvgIpc) is 3.63. The summed E-state index contributed by atoms with van der Waals surface area (Å²) in [6.45, 7) is 3.57. The molecule has 0 aliphatic carbocycles. The van der Waals surface area contributed by atoms with Crippen LogP contribution in [0.2, 0.25) is 0 Å². The third-order valence-electron chi connectivity index (χ3n) is 11.4. The number of phenolic OH excluding ortho intramolecular Hbond substituents is 1. The topological polar surface area (TPSA) is 67.2 Å². The highest BCUT2D eigenvalue weighted by molar-refractivity contribution is 5.46. The van der Waals surface area contributed by atoms with E-state index in [1.807, 2.05) is 84.6 Å². The van der Waals surface area contributed by atoms with Gasteiger partial charge in [-0.3, -0.25) is 9.80 Å². The van der Waals surface area contributed by atoms with Gasteiger partial charge in [-0.25, -0.2) is 0 Å². The van der Waals surface area contributed by atoms with E-state index in [-0.39, 0.29) is 29.5 Å². The van der Waals surface area contributed by atoms with Crippen molar-refractivity contribution in [3.63, 3.8) is 0 Å². The Morgan fingerprint density at radius 1 is 0.527 bits per heavy atom. The van der Waals surface area contributed by atoms with E-state index < -0.39 is 40.7 Å². The van der Waals surface area contributed by atoms with Gasteiger partial charge in [-0.2, -0.15) is 26.3 Å². The smallest absolute Gasteiger partial charge is 0.416 e. The first-order valence-electron chi connectivity index (χ1n) is 18.3. The van der Waals surface area contributed by atoms with Crippen molar-refractivity contribution in [3.8, 4) is 5.75 Å². The molecule has 0 bridgehead atoms. The van der Waals surface area contributed by atoms with Crippen molar-refractivity contribution in [2.24, 2.45) is 0 Å². The van der Waals surface area contributed by atoms with Gasteiger partial charge in [0.05, 0.1) is 11.1 Å². The molecule has 288 valence electrons. The predicted molar refractivity (Wildman–Crippen MR) is 197 cm³/mol. The van der Waals surface area contributed by atoms with Crippen LogP contribution in [0.3, 0.4) is 0 Å².